The van der Waals surface area contributed by atoms with Crippen molar-refractivity contribution < 1.29 is 29.9 Å². The molecule has 5 rings (SSSR count). The van der Waals surface area contributed by atoms with Crippen molar-refractivity contribution in [3.05, 3.63) is 69.8 Å². The van der Waals surface area contributed by atoms with E-state index in [0.717, 1.165) is 77.5 Å². The normalized spacial score (nSPS) is 14.7. The number of phenolic OH excluding ortho intramolecular Hbond substituents is 4. The van der Waals surface area contributed by atoms with Gasteiger partial charge in [-0.1, -0.05) is 115 Å². The zero-order valence-electron chi connectivity index (χ0n) is 35.3. The molecule has 0 aliphatic carbocycles. The van der Waals surface area contributed by atoms with Gasteiger partial charge in [0.2, 0.25) is 0 Å². The molecule has 3 aromatic carbocycles. The molecule has 0 amide bonds. The van der Waals surface area contributed by atoms with Gasteiger partial charge in [0, 0.05) is 47.5 Å². The third-order valence-electron chi connectivity index (χ3n) is 11.3. The summed E-state index contributed by atoms with van der Waals surface area (Å²) in [4.78, 5) is 4.62. The van der Waals surface area contributed by atoms with Crippen LogP contribution in [0.4, 0.5) is 0 Å². The van der Waals surface area contributed by atoms with Crippen molar-refractivity contribution in [3.63, 3.8) is 0 Å². The second-order valence-corrected chi connectivity index (χ2v) is 16.3. The first kappa shape index (κ1) is 44.6. The Labute approximate surface area is 348 Å². The van der Waals surface area contributed by atoms with Crippen LogP contribution in [0.3, 0.4) is 0 Å². The number of aromatic hydroxyl groups is 4. The molecule has 314 valence electrons. The highest BCUT2D eigenvalue weighted by Gasteiger charge is 2.18. The van der Waals surface area contributed by atoms with Gasteiger partial charge in [-0.15, -0.1) is 0 Å². The minimum atomic E-state index is -0.175. The van der Waals surface area contributed by atoms with E-state index in [1.54, 1.807) is 0 Å². The van der Waals surface area contributed by atoms with Gasteiger partial charge in [0.1, 0.15) is 11.5 Å². The average Bonchev–Trinajstić information content (AvgIpc) is 3.23. The summed E-state index contributed by atoms with van der Waals surface area (Å²) in [6.07, 6.45) is 20.7. The first-order valence-electron chi connectivity index (χ1n) is 22.4. The summed E-state index contributed by atoms with van der Waals surface area (Å²) in [5.41, 5.74) is 3.86. The number of nitrogens with zero attached hydrogens (tertiary/aromatic N) is 2. The molecular formula is C50H68N2O6. The predicted molar refractivity (Wildman–Crippen MR) is 234 cm³/mol. The molecule has 2 saturated heterocycles. The van der Waals surface area contributed by atoms with E-state index < -0.39 is 0 Å². The largest absolute Gasteiger partial charge is 0.504 e. The molecule has 2 aliphatic heterocycles. The van der Waals surface area contributed by atoms with Crippen LogP contribution >= 0.6 is 0 Å². The third kappa shape index (κ3) is 14.4. The van der Waals surface area contributed by atoms with Gasteiger partial charge in [0.25, 0.3) is 0 Å². The third-order valence-corrected chi connectivity index (χ3v) is 11.3. The Morgan fingerprint density at radius 1 is 0.466 bits per heavy atom. The number of phenols is 4. The van der Waals surface area contributed by atoms with Crippen LogP contribution < -0.4 is 9.47 Å². The van der Waals surface area contributed by atoms with E-state index in [9.17, 15) is 20.4 Å². The SMILES string of the molecule is CCCCCCCCOc1cc(C#Cc2cc(O)c(O)c(CN3CCCCC3)c2)c(OCCCCCCCC)cc1C#Cc1cc(O)c(O)c(CN2CCCCC2)c1. The number of ether oxygens (including phenoxy) is 2. The van der Waals surface area contributed by atoms with E-state index >= 15 is 0 Å². The molecule has 2 fully saturated rings. The smallest absolute Gasteiger partial charge is 0.162 e. The van der Waals surface area contributed by atoms with Crippen molar-refractivity contribution >= 4 is 0 Å². The number of piperidine rings is 2. The topological polar surface area (TPSA) is 106 Å². The lowest BCUT2D eigenvalue weighted by molar-refractivity contribution is 0.218. The Hall–Kier alpha value is -4.50. The molecule has 0 spiro atoms. The van der Waals surface area contributed by atoms with E-state index in [4.69, 9.17) is 9.47 Å². The maximum absolute atomic E-state index is 10.7. The fourth-order valence-electron chi connectivity index (χ4n) is 7.86. The van der Waals surface area contributed by atoms with Crippen molar-refractivity contribution in [2.24, 2.45) is 0 Å². The van der Waals surface area contributed by atoms with Gasteiger partial charge in [-0.3, -0.25) is 9.80 Å². The second-order valence-electron chi connectivity index (χ2n) is 16.3. The molecule has 4 N–H and O–H groups in total. The molecule has 0 bridgehead atoms. The monoisotopic (exact) mass is 793 g/mol. The molecule has 0 unspecified atom stereocenters. The number of benzene rings is 3. The van der Waals surface area contributed by atoms with E-state index in [0.29, 0.717) is 71.2 Å². The van der Waals surface area contributed by atoms with Crippen LogP contribution in [0.1, 0.15) is 163 Å². The molecule has 0 atom stereocenters. The number of rotatable bonds is 20. The van der Waals surface area contributed by atoms with E-state index in [-0.39, 0.29) is 23.0 Å². The highest BCUT2D eigenvalue weighted by molar-refractivity contribution is 5.62. The van der Waals surface area contributed by atoms with Crippen LogP contribution in [0.25, 0.3) is 0 Å². The Kier molecular flexibility index (Phi) is 18.8. The number of likely N-dealkylation sites (tertiary alicyclic amines) is 2. The minimum absolute atomic E-state index is 0.0899. The summed E-state index contributed by atoms with van der Waals surface area (Å²) in [5.74, 6) is 13.8. The van der Waals surface area contributed by atoms with Crippen LogP contribution in [0, 0.1) is 23.7 Å². The molecule has 0 saturated carbocycles. The molecule has 8 nitrogen and oxygen atoms in total. The summed E-state index contributed by atoms with van der Waals surface area (Å²) >= 11 is 0. The van der Waals surface area contributed by atoms with Gasteiger partial charge < -0.3 is 29.9 Å². The molecule has 58 heavy (non-hydrogen) atoms. The van der Waals surface area contributed by atoms with Gasteiger partial charge in [-0.05, 0) is 89.0 Å². The minimum Gasteiger partial charge on any atom is -0.504 e. The maximum Gasteiger partial charge on any atom is 0.162 e. The van der Waals surface area contributed by atoms with Gasteiger partial charge in [-0.2, -0.15) is 0 Å². The molecule has 8 heteroatoms. The first-order valence-corrected chi connectivity index (χ1v) is 22.4. The van der Waals surface area contributed by atoms with Crippen LogP contribution in [-0.4, -0.2) is 69.6 Å². The first-order chi connectivity index (χ1) is 28.3. The van der Waals surface area contributed by atoms with E-state index in [2.05, 4.69) is 47.3 Å². The predicted octanol–water partition coefficient (Wildman–Crippen LogP) is 10.8. The maximum atomic E-state index is 10.7. The van der Waals surface area contributed by atoms with Gasteiger partial charge in [0.05, 0.1) is 24.3 Å². The highest BCUT2D eigenvalue weighted by Crippen LogP contribution is 2.34. The van der Waals surface area contributed by atoms with Crippen molar-refractivity contribution in [1.82, 2.24) is 9.80 Å². The van der Waals surface area contributed by atoms with Crippen LogP contribution in [0.2, 0.25) is 0 Å². The number of unbranched alkanes of at least 4 members (excludes halogenated alkanes) is 10. The van der Waals surface area contributed by atoms with Crippen molar-refractivity contribution in [2.45, 2.75) is 143 Å². The average molecular weight is 793 g/mol. The molecule has 2 heterocycles. The Balaban J connectivity index is 1.47. The zero-order valence-corrected chi connectivity index (χ0v) is 35.3. The molecular weight excluding hydrogens is 725 g/mol. The summed E-state index contributed by atoms with van der Waals surface area (Å²) < 4.78 is 12.9. The quantitative estimate of drug-likeness (QED) is 0.0509. The Bertz CT molecular complexity index is 1720. The van der Waals surface area contributed by atoms with Crippen LogP contribution in [-0.2, 0) is 13.1 Å². The Morgan fingerprint density at radius 3 is 1.24 bits per heavy atom. The van der Waals surface area contributed by atoms with Gasteiger partial charge in [0.15, 0.2) is 23.0 Å². The molecule has 2 aliphatic rings. The van der Waals surface area contributed by atoms with Crippen molar-refractivity contribution in [1.29, 1.82) is 0 Å². The standard InChI is InChI=1S/C50H68N2O6/c1-3-5-7-9-11-19-29-57-47-35-42(24-22-40-32-44(50(56)46(54)34-40)38-52-27-17-14-18-28-52)48(58-30-20-12-10-8-6-4-2)36-41(47)23-21-39-31-43(49(55)45(53)33-39)37-51-25-15-13-16-26-51/h31-36,53-56H,3-20,25-30,37-38H2,1-2H3. The van der Waals surface area contributed by atoms with E-state index in [1.807, 2.05) is 24.3 Å². The fraction of sp³-hybridized carbons (Fsp3) is 0.560. The summed E-state index contributed by atoms with van der Waals surface area (Å²) in [6.45, 7) is 10.5. The molecule has 0 radical (unpaired) electrons. The van der Waals surface area contributed by atoms with Gasteiger partial charge >= 0.3 is 0 Å². The van der Waals surface area contributed by atoms with Gasteiger partial charge in [-0.25, -0.2) is 0 Å². The highest BCUT2D eigenvalue weighted by atomic mass is 16.5. The lowest BCUT2D eigenvalue weighted by Gasteiger charge is -2.26. The van der Waals surface area contributed by atoms with Crippen molar-refractivity contribution in [3.8, 4) is 58.2 Å². The fourth-order valence-corrected chi connectivity index (χ4v) is 7.86. The van der Waals surface area contributed by atoms with Crippen LogP contribution in [0.15, 0.2) is 36.4 Å². The lowest BCUT2D eigenvalue weighted by Crippen LogP contribution is -2.29. The Morgan fingerprint density at radius 2 is 0.845 bits per heavy atom. The van der Waals surface area contributed by atoms with E-state index in [1.165, 1.54) is 76.3 Å². The molecule has 0 aromatic heterocycles. The van der Waals surface area contributed by atoms with Crippen molar-refractivity contribution in [2.75, 3.05) is 39.4 Å². The summed E-state index contributed by atoms with van der Waals surface area (Å²) in [5, 5.41) is 42.9. The van der Waals surface area contributed by atoms with Crippen LogP contribution in [0.5, 0.6) is 34.5 Å². The summed E-state index contributed by atoms with van der Waals surface area (Å²) in [7, 11) is 0. The second kappa shape index (κ2) is 24.4. The number of hydrogen-bond donors (Lipinski definition) is 4. The summed E-state index contributed by atoms with van der Waals surface area (Å²) in [6, 6.07) is 10.6. The molecule has 3 aromatic rings. The number of hydrogen-bond acceptors (Lipinski definition) is 8. The zero-order chi connectivity index (χ0) is 41.0. The lowest BCUT2D eigenvalue weighted by atomic mass is 10.0.